The number of anilines is 1. The first kappa shape index (κ1) is 21.8. The van der Waals surface area contributed by atoms with E-state index in [0.29, 0.717) is 22.6 Å². The number of ether oxygens (including phenoxy) is 2. The lowest BCUT2D eigenvalue weighted by Gasteiger charge is -2.40. The maximum absolute atomic E-state index is 12.3. The number of rotatable bonds is 6. The molecule has 176 valence electrons. The van der Waals surface area contributed by atoms with Crippen molar-refractivity contribution in [2.45, 2.75) is 35.5 Å². The molecule has 2 fully saturated rings. The van der Waals surface area contributed by atoms with Crippen LogP contribution in [0.2, 0.25) is 0 Å². The van der Waals surface area contributed by atoms with Gasteiger partial charge in [0.25, 0.3) is 5.91 Å². The molecule has 6 rings (SSSR count). The standard InChI is InChI=1S/C26H26N2O4S2/c1-31-18-10-6-17(7-11-18)27-20(29)13-32-19-8-4-14(5-9-19)21-22-15-2-3-16(12-15)23(22)33-25-24(21)34-26(30)28-25/h4-11,15-16,21-23H,2-3,12-13H2,1H3,(H,27,29)(H,28,30)/t15?,16?,21-,22?,23?/m1/s1. The minimum absolute atomic E-state index is 0.0395. The summed E-state index contributed by atoms with van der Waals surface area (Å²) in [5.41, 5.74) is 1.93. The van der Waals surface area contributed by atoms with Gasteiger partial charge >= 0.3 is 4.87 Å². The fourth-order valence-electron chi connectivity index (χ4n) is 6.01. The summed E-state index contributed by atoms with van der Waals surface area (Å²) in [6.07, 6.45) is 3.95. The van der Waals surface area contributed by atoms with Crippen molar-refractivity contribution in [3.63, 3.8) is 0 Å². The largest absolute Gasteiger partial charge is 0.497 e. The molecule has 34 heavy (non-hydrogen) atoms. The normalized spacial score (nSPS) is 26.6. The average Bonchev–Trinajstić information content (AvgIpc) is 3.56. The number of fused-ring (bicyclic) bond motifs is 6. The lowest BCUT2D eigenvalue weighted by atomic mass is 9.75. The molecule has 2 bridgehead atoms. The average molecular weight is 495 g/mol. The van der Waals surface area contributed by atoms with Gasteiger partial charge in [0.2, 0.25) is 0 Å². The van der Waals surface area contributed by atoms with Gasteiger partial charge in [-0.3, -0.25) is 9.59 Å². The highest BCUT2D eigenvalue weighted by atomic mass is 32.2. The highest BCUT2D eigenvalue weighted by Gasteiger charge is 2.54. The zero-order valence-electron chi connectivity index (χ0n) is 18.8. The molecular weight excluding hydrogens is 468 g/mol. The molecule has 2 aliphatic carbocycles. The molecule has 1 amide bonds. The summed E-state index contributed by atoms with van der Waals surface area (Å²) >= 11 is 3.27. The van der Waals surface area contributed by atoms with E-state index >= 15 is 0 Å². The van der Waals surface area contributed by atoms with Crippen LogP contribution in [0.3, 0.4) is 0 Å². The van der Waals surface area contributed by atoms with E-state index in [4.69, 9.17) is 9.47 Å². The molecule has 0 radical (unpaired) electrons. The first-order valence-electron chi connectivity index (χ1n) is 11.7. The number of aromatic nitrogens is 1. The minimum atomic E-state index is -0.217. The number of H-pyrrole nitrogens is 1. The van der Waals surface area contributed by atoms with Crippen LogP contribution in [0.4, 0.5) is 5.69 Å². The molecule has 5 atom stereocenters. The molecule has 3 aliphatic rings. The van der Waals surface area contributed by atoms with E-state index in [1.807, 2.05) is 23.9 Å². The van der Waals surface area contributed by atoms with Gasteiger partial charge < -0.3 is 19.8 Å². The van der Waals surface area contributed by atoms with Gasteiger partial charge in [-0.2, -0.15) is 0 Å². The highest BCUT2D eigenvalue weighted by molar-refractivity contribution is 8.00. The SMILES string of the molecule is COc1ccc(NC(=O)COc2ccc([C@H]3c4sc(=O)[nH]c4SC4C5CCC(C5)C43)cc2)cc1. The molecule has 2 aromatic carbocycles. The quantitative estimate of drug-likeness (QED) is 0.498. The smallest absolute Gasteiger partial charge is 0.305 e. The van der Waals surface area contributed by atoms with Gasteiger partial charge in [0.05, 0.1) is 12.1 Å². The Hall–Kier alpha value is -2.71. The Balaban J connectivity index is 1.15. The Morgan fingerprint density at radius 1 is 1.06 bits per heavy atom. The van der Waals surface area contributed by atoms with E-state index in [-0.39, 0.29) is 23.3 Å². The summed E-state index contributed by atoms with van der Waals surface area (Å²) in [6.45, 7) is -0.0660. The van der Waals surface area contributed by atoms with Gasteiger partial charge in [-0.15, -0.1) is 11.8 Å². The number of carbonyl (C=O) groups excluding carboxylic acids is 1. The van der Waals surface area contributed by atoms with Crippen molar-refractivity contribution in [2.75, 3.05) is 19.0 Å². The number of amides is 1. The number of aromatic amines is 1. The molecular formula is C26H26N2O4S2. The molecule has 3 aromatic rings. The summed E-state index contributed by atoms with van der Waals surface area (Å²) < 4.78 is 10.9. The third-order valence-corrected chi connectivity index (χ3v) is 10.1. The van der Waals surface area contributed by atoms with Crippen molar-refractivity contribution < 1.29 is 14.3 Å². The number of thiazole rings is 1. The molecule has 4 unspecified atom stereocenters. The van der Waals surface area contributed by atoms with E-state index in [0.717, 1.165) is 22.6 Å². The third-order valence-electron chi connectivity index (χ3n) is 7.45. The van der Waals surface area contributed by atoms with Crippen LogP contribution in [0, 0.1) is 17.8 Å². The van der Waals surface area contributed by atoms with Gasteiger partial charge in [0, 0.05) is 21.7 Å². The van der Waals surface area contributed by atoms with Crippen molar-refractivity contribution in [1.82, 2.24) is 4.98 Å². The number of thioether (sulfide) groups is 1. The fraction of sp³-hybridized carbons (Fsp3) is 0.385. The van der Waals surface area contributed by atoms with E-state index in [2.05, 4.69) is 22.4 Å². The minimum Gasteiger partial charge on any atom is -0.497 e. The third kappa shape index (κ3) is 3.92. The number of hydrogen-bond donors (Lipinski definition) is 2. The summed E-state index contributed by atoms with van der Waals surface area (Å²) in [5, 5.41) is 4.50. The molecule has 2 N–H and O–H groups in total. The second-order valence-electron chi connectivity index (χ2n) is 9.31. The number of carbonyl (C=O) groups is 1. The topological polar surface area (TPSA) is 80.4 Å². The van der Waals surface area contributed by atoms with Crippen LogP contribution in [0.15, 0.2) is 58.4 Å². The summed E-state index contributed by atoms with van der Waals surface area (Å²) in [6, 6.07) is 15.3. The van der Waals surface area contributed by atoms with E-state index in [1.165, 1.54) is 41.0 Å². The predicted octanol–water partition coefficient (Wildman–Crippen LogP) is 5.11. The maximum atomic E-state index is 12.3. The number of methoxy groups -OCH3 is 1. The molecule has 8 heteroatoms. The van der Waals surface area contributed by atoms with Crippen LogP contribution < -0.4 is 19.7 Å². The first-order valence-corrected chi connectivity index (χ1v) is 13.3. The van der Waals surface area contributed by atoms with Crippen molar-refractivity contribution in [3.8, 4) is 11.5 Å². The lowest BCUT2D eigenvalue weighted by Crippen LogP contribution is -2.33. The van der Waals surface area contributed by atoms with Crippen molar-refractivity contribution in [2.24, 2.45) is 17.8 Å². The van der Waals surface area contributed by atoms with Crippen molar-refractivity contribution >= 4 is 34.7 Å². The first-order chi connectivity index (χ1) is 16.6. The van der Waals surface area contributed by atoms with Crippen LogP contribution in [0.1, 0.15) is 35.6 Å². The van der Waals surface area contributed by atoms with E-state index in [1.54, 1.807) is 31.4 Å². The molecule has 1 aromatic heterocycles. The van der Waals surface area contributed by atoms with Crippen LogP contribution in [-0.2, 0) is 4.79 Å². The Morgan fingerprint density at radius 2 is 1.79 bits per heavy atom. The summed E-state index contributed by atoms with van der Waals surface area (Å²) in [4.78, 5) is 28.8. The molecule has 2 heterocycles. The molecule has 0 spiro atoms. The molecule has 0 saturated heterocycles. The second kappa shape index (κ2) is 8.82. The highest BCUT2D eigenvalue weighted by Crippen LogP contribution is 2.63. The Bertz CT molecular complexity index is 1250. The second-order valence-corrected chi connectivity index (χ2v) is 11.5. The Labute approximate surface area is 206 Å². The Kier molecular flexibility index (Phi) is 5.65. The van der Waals surface area contributed by atoms with Crippen molar-refractivity contribution in [3.05, 3.63) is 68.6 Å². The Morgan fingerprint density at radius 3 is 2.56 bits per heavy atom. The lowest BCUT2D eigenvalue weighted by molar-refractivity contribution is -0.118. The van der Waals surface area contributed by atoms with Gasteiger partial charge in [0.1, 0.15) is 11.5 Å². The molecule has 6 nitrogen and oxygen atoms in total. The number of benzene rings is 2. The van der Waals surface area contributed by atoms with Crippen LogP contribution in [0.5, 0.6) is 11.5 Å². The fourth-order valence-corrected chi connectivity index (χ4v) is 8.91. The number of hydrogen-bond acceptors (Lipinski definition) is 6. The van der Waals surface area contributed by atoms with Gasteiger partial charge in [0.15, 0.2) is 6.61 Å². The summed E-state index contributed by atoms with van der Waals surface area (Å²) in [5.74, 6) is 3.54. The monoisotopic (exact) mass is 494 g/mol. The maximum Gasteiger partial charge on any atom is 0.305 e. The number of nitrogens with one attached hydrogen (secondary N) is 2. The van der Waals surface area contributed by atoms with E-state index in [9.17, 15) is 9.59 Å². The van der Waals surface area contributed by atoms with E-state index < -0.39 is 0 Å². The van der Waals surface area contributed by atoms with Crippen LogP contribution in [0.25, 0.3) is 0 Å². The molecule has 1 aliphatic heterocycles. The zero-order chi connectivity index (χ0) is 23.2. The van der Waals surface area contributed by atoms with Gasteiger partial charge in [-0.1, -0.05) is 23.5 Å². The zero-order valence-corrected chi connectivity index (χ0v) is 20.4. The van der Waals surface area contributed by atoms with Gasteiger partial charge in [-0.25, -0.2) is 0 Å². The van der Waals surface area contributed by atoms with Gasteiger partial charge in [-0.05, 0) is 79.0 Å². The summed E-state index contributed by atoms with van der Waals surface area (Å²) in [7, 11) is 1.61. The van der Waals surface area contributed by atoms with Crippen molar-refractivity contribution in [1.29, 1.82) is 0 Å². The molecule has 2 saturated carbocycles. The predicted molar refractivity (Wildman–Crippen MR) is 134 cm³/mol. The van der Waals surface area contributed by atoms with Crippen LogP contribution >= 0.6 is 23.1 Å². The van der Waals surface area contributed by atoms with Crippen LogP contribution in [-0.4, -0.2) is 29.9 Å².